The number of fused-ring (bicyclic) bond motifs is 1. The molecule has 1 aliphatic rings. The fourth-order valence-corrected chi connectivity index (χ4v) is 2.36. The van der Waals surface area contributed by atoms with Crippen LogP contribution < -0.4 is 0 Å². The molecule has 0 bridgehead atoms. The molecule has 0 aliphatic carbocycles. The average molecular weight is 220 g/mol. The van der Waals surface area contributed by atoms with Gasteiger partial charge in [0.1, 0.15) is 0 Å². The van der Waals surface area contributed by atoms with Crippen LogP contribution in [0.2, 0.25) is 0 Å². The molecule has 16 heavy (non-hydrogen) atoms. The Morgan fingerprint density at radius 3 is 2.62 bits per heavy atom. The fourth-order valence-electron chi connectivity index (χ4n) is 2.36. The van der Waals surface area contributed by atoms with Crippen LogP contribution in [-0.4, -0.2) is 27.5 Å². The second kappa shape index (κ2) is 3.65. The lowest BCUT2D eigenvalue weighted by molar-refractivity contribution is 0.0590. The van der Waals surface area contributed by atoms with Crippen LogP contribution in [0, 0.1) is 0 Å². The van der Waals surface area contributed by atoms with E-state index in [1.807, 2.05) is 24.2 Å². The maximum Gasteiger partial charge on any atom is 0.256 e. The standard InChI is InChI=1S/C13H20N2O/c1-13(2,3)15-8-5-6-11-10(12(15)16)7-9-14(11)4/h7,9H,5-6,8H2,1-4H3. The minimum absolute atomic E-state index is 0.0888. The SMILES string of the molecule is Cn1ccc2c1CCCN(C(C)(C)C)C2=O. The van der Waals surface area contributed by atoms with E-state index >= 15 is 0 Å². The van der Waals surface area contributed by atoms with E-state index < -0.39 is 0 Å². The van der Waals surface area contributed by atoms with Gasteiger partial charge < -0.3 is 9.47 Å². The van der Waals surface area contributed by atoms with Gasteiger partial charge in [0.15, 0.2) is 0 Å². The first-order valence-corrected chi connectivity index (χ1v) is 5.87. The number of carbonyl (C=O) groups excluding carboxylic acids is 1. The maximum atomic E-state index is 12.4. The molecule has 1 aliphatic heterocycles. The van der Waals surface area contributed by atoms with E-state index in [-0.39, 0.29) is 11.4 Å². The molecule has 88 valence electrons. The average Bonchev–Trinajstić information content (AvgIpc) is 2.42. The van der Waals surface area contributed by atoms with Crippen LogP contribution in [0.5, 0.6) is 0 Å². The molecule has 0 saturated heterocycles. The van der Waals surface area contributed by atoms with E-state index in [2.05, 4.69) is 25.3 Å². The summed E-state index contributed by atoms with van der Waals surface area (Å²) in [5, 5.41) is 0. The van der Waals surface area contributed by atoms with E-state index in [4.69, 9.17) is 0 Å². The highest BCUT2D eigenvalue weighted by Gasteiger charge is 2.31. The molecule has 0 radical (unpaired) electrons. The zero-order valence-electron chi connectivity index (χ0n) is 10.6. The lowest BCUT2D eigenvalue weighted by atomic mass is 10.1. The molecule has 2 heterocycles. The van der Waals surface area contributed by atoms with Crippen molar-refractivity contribution in [2.75, 3.05) is 6.54 Å². The van der Waals surface area contributed by atoms with Crippen molar-refractivity contribution in [3.05, 3.63) is 23.5 Å². The zero-order chi connectivity index (χ0) is 11.9. The van der Waals surface area contributed by atoms with Crippen LogP contribution in [0.3, 0.4) is 0 Å². The molecule has 0 unspecified atom stereocenters. The molecule has 0 spiro atoms. The topological polar surface area (TPSA) is 25.2 Å². The van der Waals surface area contributed by atoms with Crippen molar-refractivity contribution >= 4 is 5.91 Å². The van der Waals surface area contributed by atoms with E-state index in [9.17, 15) is 4.79 Å². The minimum atomic E-state index is -0.0888. The summed E-state index contributed by atoms with van der Waals surface area (Å²) in [6.45, 7) is 7.15. The van der Waals surface area contributed by atoms with Crippen molar-refractivity contribution in [3.63, 3.8) is 0 Å². The van der Waals surface area contributed by atoms with Crippen molar-refractivity contribution in [1.82, 2.24) is 9.47 Å². The molecule has 1 aromatic rings. The van der Waals surface area contributed by atoms with Gasteiger partial charge in [-0.2, -0.15) is 0 Å². The molecule has 0 fully saturated rings. The van der Waals surface area contributed by atoms with Crippen molar-refractivity contribution in [2.45, 2.75) is 39.2 Å². The summed E-state index contributed by atoms with van der Waals surface area (Å²) in [6.07, 6.45) is 4.03. The highest BCUT2D eigenvalue weighted by atomic mass is 16.2. The van der Waals surface area contributed by atoms with Gasteiger partial charge in [0.25, 0.3) is 5.91 Å². The smallest absolute Gasteiger partial charge is 0.256 e. The quantitative estimate of drug-likeness (QED) is 0.658. The number of carbonyl (C=O) groups is 1. The molecule has 2 rings (SSSR count). The lowest BCUT2D eigenvalue weighted by Gasteiger charge is -2.34. The number of aryl methyl sites for hydroxylation is 1. The Morgan fingerprint density at radius 1 is 1.31 bits per heavy atom. The van der Waals surface area contributed by atoms with Gasteiger partial charge in [-0.05, 0) is 39.7 Å². The summed E-state index contributed by atoms with van der Waals surface area (Å²) in [7, 11) is 2.01. The number of hydrogen-bond donors (Lipinski definition) is 0. The van der Waals surface area contributed by atoms with Crippen LogP contribution in [0.25, 0.3) is 0 Å². The Labute approximate surface area is 97.1 Å². The summed E-state index contributed by atoms with van der Waals surface area (Å²) in [5.74, 6) is 0.181. The second-order valence-electron chi connectivity index (χ2n) is 5.52. The molecular formula is C13H20N2O. The normalized spacial score (nSPS) is 17.2. The van der Waals surface area contributed by atoms with Gasteiger partial charge in [0, 0.05) is 31.0 Å². The number of amides is 1. The van der Waals surface area contributed by atoms with Gasteiger partial charge >= 0.3 is 0 Å². The summed E-state index contributed by atoms with van der Waals surface area (Å²) in [6, 6.07) is 1.95. The second-order valence-corrected chi connectivity index (χ2v) is 5.52. The zero-order valence-corrected chi connectivity index (χ0v) is 10.6. The molecule has 1 amide bonds. The van der Waals surface area contributed by atoms with E-state index in [0.29, 0.717) is 0 Å². The number of aromatic nitrogens is 1. The molecule has 0 saturated carbocycles. The lowest BCUT2D eigenvalue weighted by Crippen LogP contribution is -2.45. The van der Waals surface area contributed by atoms with E-state index in [0.717, 1.165) is 24.9 Å². The highest BCUT2D eigenvalue weighted by molar-refractivity contribution is 5.96. The Hall–Kier alpha value is -1.25. The first-order chi connectivity index (χ1) is 7.41. The van der Waals surface area contributed by atoms with Gasteiger partial charge in [-0.1, -0.05) is 0 Å². The van der Waals surface area contributed by atoms with Gasteiger partial charge in [-0.25, -0.2) is 0 Å². The Bertz CT molecular complexity index is 412. The predicted molar refractivity (Wildman–Crippen MR) is 64.5 cm³/mol. The number of hydrogen-bond acceptors (Lipinski definition) is 1. The van der Waals surface area contributed by atoms with Crippen molar-refractivity contribution in [2.24, 2.45) is 7.05 Å². The third kappa shape index (κ3) is 1.75. The highest BCUT2D eigenvalue weighted by Crippen LogP contribution is 2.24. The molecule has 0 aromatic carbocycles. The first kappa shape index (κ1) is 11.2. The van der Waals surface area contributed by atoms with Crippen molar-refractivity contribution < 1.29 is 4.79 Å². The molecular weight excluding hydrogens is 200 g/mol. The van der Waals surface area contributed by atoms with Crippen LogP contribution >= 0.6 is 0 Å². The van der Waals surface area contributed by atoms with Crippen LogP contribution in [-0.2, 0) is 13.5 Å². The number of nitrogens with zero attached hydrogens (tertiary/aromatic N) is 2. The summed E-state index contributed by atoms with van der Waals surface area (Å²) < 4.78 is 2.07. The Morgan fingerprint density at radius 2 is 2.00 bits per heavy atom. The maximum absolute atomic E-state index is 12.4. The summed E-state index contributed by atoms with van der Waals surface area (Å²) in [5.41, 5.74) is 1.97. The minimum Gasteiger partial charge on any atom is -0.354 e. The van der Waals surface area contributed by atoms with Gasteiger partial charge in [-0.15, -0.1) is 0 Å². The van der Waals surface area contributed by atoms with Gasteiger partial charge in [0.05, 0.1) is 5.56 Å². The Kier molecular flexibility index (Phi) is 2.56. The predicted octanol–water partition coefficient (Wildman–Crippen LogP) is 2.21. The number of rotatable bonds is 0. The van der Waals surface area contributed by atoms with Crippen LogP contribution in [0.1, 0.15) is 43.2 Å². The van der Waals surface area contributed by atoms with Gasteiger partial charge in [-0.3, -0.25) is 4.79 Å². The third-order valence-electron chi connectivity index (χ3n) is 3.28. The molecule has 0 atom stereocenters. The third-order valence-corrected chi connectivity index (χ3v) is 3.28. The molecule has 1 aromatic heterocycles. The van der Waals surface area contributed by atoms with Crippen molar-refractivity contribution in [3.8, 4) is 0 Å². The summed E-state index contributed by atoms with van der Waals surface area (Å²) >= 11 is 0. The largest absolute Gasteiger partial charge is 0.354 e. The first-order valence-electron chi connectivity index (χ1n) is 5.87. The monoisotopic (exact) mass is 220 g/mol. The van der Waals surface area contributed by atoms with Crippen molar-refractivity contribution in [1.29, 1.82) is 0 Å². The van der Waals surface area contributed by atoms with Crippen LogP contribution in [0.15, 0.2) is 12.3 Å². The fraction of sp³-hybridized carbons (Fsp3) is 0.615. The molecule has 3 nitrogen and oxygen atoms in total. The Balaban J connectivity index is 2.42. The molecule has 0 N–H and O–H groups in total. The summed E-state index contributed by atoms with van der Waals surface area (Å²) in [4.78, 5) is 14.4. The van der Waals surface area contributed by atoms with E-state index in [1.165, 1.54) is 5.69 Å². The van der Waals surface area contributed by atoms with E-state index in [1.54, 1.807) is 0 Å². The molecule has 3 heteroatoms. The van der Waals surface area contributed by atoms with Gasteiger partial charge in [0.2, 0.25) is 0 Å². The van der Waals surface area contributed by atoms with Crippen LogP contribution in [0.4, 0.5) is 0 Å².